The lowest BCUT2D eigenvalue weighted by molar-refractivity contribution is 0.126. The van der Waals surface area contributed by atoms with Gasteiger partial charge in [0.15, 0.2) is 0 Å². The van der Waals surface area contributed by atoms with Crippen molar-refractivity contribution >= 4 is 23.5 Å². The third-order valence-electron chi connectivity index (χ3n) is 3.21. The number of nitrogens with zero attached hydrogens (tertiary/aromatic N) is 2. The number of carbonyl (C=O) groups is 1. The van der Waals surface area contributed by atoms with E-state index in [1.54, 1.807) is 18.5 Å². The fraction of sp³-hybridized carbons (Fsp3) is 0.389. The highest BCUT2D eigenvalue weighted by atomic mass is 32.2. The van der Waals surface area contributed by atoms with Crippen LogP contribution in [0.2, 0.25) is 0 Å². The zero-order chi connectivity index (χ0) is 17.9. The van der Waals surface area contributed by atoms with Gasteiger partial charge >= 0.3 is 6.03 Å². The van der Waals surface area contributed by atoms with Crippen molar-refractivity contribution in [2.24, 2.45) is 5.92 Å². The van der Waals surface area contributed by atoms with E-state index in [-0.39, 0.29) is 6.03 Å². The van der Waals surface area contributed by atoms with Crippen molar-refractivity contribution < 1.29 is 9.53 Å². The molecule has 0 radical (unpaired) electrons. The van der Waals surface area contributed by atoms with Gasteiger partial charge in [-0.25, -0.2) is 14.8 Å². The molecule has 25 heavy (non-hydrogen) atoms. The van der Waals surface area contributed by atoms with Gasteiger partial charge in [0.2, 0.25) is 0 Å². The van der Waals surface area contributed by atoms with Crippen LogP contribution >= 0.6 is 11.8 Å². The second-order valence-corrected chi connectivity index (χ2v) is 6.87. The zero-order valence-corrected chi connectivity index (χ0v) is 15.4. The van der Waals surface area contributed by atoms with Gasteiger partial charge in [-0.3, -0.25) is 0 Å². The molecule has 2 amide bonds. The third-order valence-corrected chi connectivity index (χ3v) is 4.09. The van der Waals surface area contributed by atoms with E-state index < -0.39 is 0 Å². The summed E-state index contributed by atoms with van der Waals surface area (Å²) in [4.78, 5) is 20.4. The Hall–Kier alpha value is -2.12. The molecule has 0 aliphatic carbocycles. The van der Waals surface area contributed by atoms with Gasteiger partial charge in [-0.15, -0.1) is 0 Å². The van der Waals surface area contributed by atoms with Crippen molar-refractivity contribution in [3.63, 3.8) is 0 Å². The van der Waals surface area contributed by atoms with E-state index >= 15 is 0 Å². The van der Waals surface area contributed by atoms with Crippen molar-refractivity contribution in [2.75, 3.05) is 25.1 Å². The Morgan fingerprint density at radius 3 is 2.76 bits per heavy atom. The topological polar surface area (TPSA) is 76.1 Å². The number of anilines is 1. The first kappa shape index (κ1) is 19.2. The number of aromatic nitrogens is 2. The van der Waals surface area contributed by atoms with Crippen LogP contribution in [0.15, 0.2) is 52.8 Å². The third kappa shape index (κ3) is 8.00. The van der Waals surface area contributed by atoms with Gasteiger partial charge in [-0.2, -0.15) is 0 Å². The van der Waals surface area contributed by atoms with Gasteiger partial charge < -0.3 is 15.4 Å². The number of amides is 2. The molecular weight excluding hydrogens is 336 g/mol. The number of hydrogen-bond donors (Lipinski definition) is 2. The second kappa shape index (κ2) is 10.7. The molecule has 0 atom stereocenters. The summed E-state index contributed by atoms with van der Waals surface area (Å²) < 4.78 is 5.47. The summed E-state index contributed by atoms with van der Waals surface area (Å²) >= 11 is 1.44. The van der Waals surface area contributed by atoms with Gasteiger partial charge in [-0.05, 0) is 36.6 Å². The average molecular weight is 360 g/mol. The Labute approximate surface area is 152 Å². The maximum atomic E-state index is 11.9. The molecule has 0 aliphatic heterocycles. The molecule has 7 heteroatoms. The number of pyridine rings is 2. The Kier molecular flexibility index (Phi) is 8.21. The van der Waals surface area contributed by atoms with Crippen molar-refractivity contribution in [1.82, 2.24) is 15.3 Å². The van der Waals surface area contributed by atoms with E-state index in [0.717, 1.165) is 23.1 Å². The van der Waals surface area contributed by atoms with Crippen molar-refractivity contribution in [2.45, 2.75) is 30.3 Å². The Morgan fingerprint density at radius 2 is 2.00 bits per heavy atom. The number of hydrogen-bond acceptors (Lipinski definition) is 5. The lowest BCUT2D eigenvalue weighted by atomic mass is 10.1. The van der Waals surface area contributed by atoms with E-state index in [1.807, 2.05) is 24.3 Å². The molecule has 6 nitrogen and oxygen atoms in total. The second-order valence-electron chi connectivity index (χ2n) is 5.83. The molecule has 0 bridgehead atoms. The lowest BCUT2D eigenvalue weighted by Gasteiger charge is -2.09. The van der Waals surface area contributed by atoms with E-state index in [9.17, 15) is 4.79 Å². The minimum absolute atomic E-state index is 0.257. The fourth-order valence-electron chi connectivity index (χ4n) is 1.89. The Balaban J connectivity index is 1.72. The first-order valence-corrected chi connectivity index (χ1v) is 9.12. The Morgan fingerprint density at radius 1 is 1.16 bits per heavy atom. The molecule has 0 aliphatic rings. The van der Waals surface area contributed by atoms with Crippen LogP contribution < -0.4 is 10.6 Å². The molecule has 2 aromatic heterocycles. The first-order chi connectivity index (χ1) is 12.1. The quantitative estimate of drug-likeness (QED) is 0.665. The predicted octanol–water partition coefficient (Wildman–Crippen LogP) is 3.81. The van der Waals surface area contributed by atoms with E-state index in [1.165, 1.54) is 11.8 Å². The van der Waals surface area contributed by atoms with E-state index in [2.05, 4.69) is 34.4 Å². The average Bonchev–Trinajstić information content (AvgIpc) is 2.59. The van der Waals surface area contributed by atoms with Crippen LogP contribution in [0, 0.1) is 5.92 Å². The van der Waals surface area contributed by atoms with Gasteiger partial charge in [0, 0.05) is 31.2 Å². The number of rotatable bonds is 9. The summed E-state index contributed by atoms with van der Waals surface area (Å²) in [6.07, 6.45) is 4.43. The molecule has 0 unspecified atom stereocenters. The molecule has 0 saturated heterocycles. The van der Waals surface area contributed by atoms with Gasteiger partial charge in [0.25, 0.3) is 0 Å². The number of carbonyl (C=O) groups excluding carboxylic acids is 1. The van der Waals surface area contributed by atoms with Crippen LogP contribution in [0.25, 0.3) is 0 Å². The predicted molar refractivity (Wildman–Crippen MR) is 99.9 cm³/mol. The lowest BCUT2D eigenvalue weighted by Crippen LogP contribution is -2.31. The van der Waals surface area contributed by atoms with Crippen LogP contribution in [0.4, 0.5) is 10.5 Å². The number of urea groups is 1. The number of ether oxygens (including phenoxy) is 1. The van der Waals surface area contributed by atoms with Gasteiger partial charge in [-0.1, -0.05) is 31.7 Å². The Bertz CT molecular complexity index is 653. The van der Waals surface area contributed by atoms with Crippen molar-refractivity contribution in [1.29, 1.82) is 0 Å². The molecular formula is C18H24N4O2S. The van der Waals surface area contributed by atoms with Gasteiger partial charge in [0.1, 0.15) is 10.1 Å². The summed E-state index contributed by atoms with van der Waals surface area (Å²) in [6.45, 7) is 6.02. The highest BCUT2D eigenvalue weighted by Gasteiger charge is 2.04. The molecule has 134 valence electrons. The highest BCUT2D eigenvalue weighted by molar-refractivity contribution is 7.99. The molecule has 0 spiro atoms. The summed E-state index contributed by atoms with van der Waals surface area (Å²) in [5.41, 5.74) is 0.687. The van der Waals surface area contributed by atoms with Crippen LogP contribution in [-0.4, -0.2) is 35.8 Å². The van der Waals surface area contributed by atoms with Crippen LogP contribution in [0.1, 0.15) is 20.3 Å². The molecule has 2 aromatic rings. The molecule has 2 N–H and O–H groups in total. The standard InChI is InChI=1S/C18H24N4O2S/c1-14(2)7-11-24-12-10-21-18(23)22-15-6-9-20-17(13-15)25-16-5-3-4-8-19-16/h3-6,8-9,13-14H,7,10-12H2,1-2H3,(H2,20,21,22,23). The fourth-order valence-corrected chi connectivity index (χ4v) is 2.66. The summed E-state index contributed by atoms with van der Waals surface area (Å²) in [7, 11) is 0. The van der Waals surface area contributed by atoms with Crippen LogP contribution in [0.5, 0.6) is 0 Å². The highest BCUT2D eigenvalue weighted by Crippen LogP contribution is 2.25. The summed E-state index contributed by atoms with van der Waals surface area (Å²) in [5, 5.41) is 7.20. The van der Waals surface area contributed by atoms with Crippen LogP contribution in [-0.2, 0) is 4.74 Å². The number of nitrogens with one attached hydrogen (secondary N) is 2. The van der Waals surface area contributed by atoms with Gasteiger partial charge in [0.05, 0.1) is 6.61 Å². The molecule has 0 fully saturated rings. The van der Waals surface area contributed by atoms with E-state index in [0.29, 0.717) is 24.8 Å². The van der Waals surface area contributed by atoms with Crippen LogP contribution in [0.3, 0.4) is 0 Å². The maximum Gasteiger partial charge on any atom is 0.319 e. The van der Waals surface area contributed by atoms with Crippen molar-refractivity contribution in [3.05, 3.63) is 42.7 Å². The maximum absolute atomic E-state index is 11.9. The summed E-state index contributed by atoms with van der Waals surface area (Å²) in [6, 6.07) is 9.02. The van der Waals surface area contributed by atoms with E-state index in [4.69, 9.17) is 4.74 Å². The molecule has 0 aromatic carbocycles. The smallest absolute Gasteiger partial charge is 0.319 e. The molecule has 2 heterocycles. The SMILES string of the molecule is CC(C)CCOCCNC(=O)Nc1ccnc(Sc2ccccn2)c1. The minimum atomic E-state index is -0.257. The minimum Gasteiger partial charge on any atom is -0.380 e. The molecule has 0 saturated carbocycles. The van der Waals surface area contributed by atoms with Crippen molar-refractivity contribution in [3.8, 4) is 0 Å². The molecule has 2 rings (SSSR count). The normalized spacial score (nSPS) is 10.7. The monoisotopic (exact) mass is 360 g/mol. The summed E-state index contributed by atoms with van der Waals surface area (Å²) in [5.74, 6) is 0.626. The zero-order valence-electron chi connectivity index (χ0n) is 14.6. The largest absolute Gasteiger partial charge is 0.380 e. The first-order valence-electron chi connectivity index (χ1n) is 8.31.